The molecular weight excluding hydrogens is 290 g/mol. The van der Waals surface area contributed by atoms with E-state index in [1.807, 2.05) is 65.8 Å². The summed E-state index contributed by atoms with van der Waals surface area (Å²) < 4.78 is 0. The highest BCUT2D eigenvalue weighted by molar-refractivity contribution is 5.87. The maximum absolute atomic E-state index is 4.54. The third kappa shape index (κ3) is 8.67. The summed E-state index contributed by atoms with van der Waals surface area (Å²) in [6, 6.07) is 8.12. The second-order valence-electron chi connectivity index (χ2n) is 4.17. The van der Waals surface area contributed by atoms with Crippen LogP contribution in [0.15, 0.2) is 37.4 Å². The summed E-state index contributed by atoms with van der Waals surface area (Å²) >= 11 is 0. The Bertz CT molecular complexity index is 553. The number of aryl methyl sites for hydroxylation is 1. The lowest BCUT2D eigenvalue weighted by Gasteiger charge is -2.08. The van der Waals surface area contributed by atoms with Crippen molar-refractivity contribution < 1.29 is 0 Å². The fourth-order valence-corrected chi connectivity index (χ4v) is 1.83. The van der Waals surface area contributed by atoms with E-state index < -0.39 is 0 Å². The van der Waals surface area contributed by atoms with Crippen LogP contribution in [0.2, 0.25) is 0 Å². The molecule has 0 spiro atoms. The zero-order chi connectivity index (χ0) is 19.5. The number of rotatable bonds is 2. The molecule has 0 aliphatic rings. The zero-order valence-electron chi connectivity index (χ0n) is 17.5. The van der Waals surface area contributed by atoms with E-state index in [0.717, 1.165) is 16.8 Å². The summed E-state index contributed by atoms with van der Waals surface area (Å²) in [5, 5.41) is 1.18. The van der Waals surface area contributed by atoms with Gasteiger partial charge in [-0.3, -0.25) is 0 Å². The Kier molecular flexibility index (Phi) is 21.5. The maximum Gasteiger partial charge on any atom is 0.0712 e. The van der Waals surface area contributed by atoms with E-state index in [0.29, 0.717) is 0 Å². The molecule has 0 saturated carbocycles. The van der Waals surface area contributed by atoms with Crippen LogP contribution in [0.25, 0.3) is 23.1 Å². The first-order chi connectivity index (χ1) is 11.7. The van der Waals surface area contributed by atoms with E-state index in [9.17, 15) is 0 Å². The first kappa shape index (κ1) is 27.0. The van der Waals surface area contributed by atoms with Crippen LogP contribution in [0.1, 0.15) is 78.6 Å². The highest BCUT2D eigenvalue weighted by Gasteiger charge is 2.06. The van der Waals surface area contributed by atoms with E-state index in [1.165, 1.54) is 17.4 Å². The van der Waals surface area contributed by atoms with Crippen LogP contribution < -0.4 is 0 Å². The Morgan fingerprint density at radius 3 is 1.75 bits per heavy atom. The molecule has 0 N–H and O–H groups in total. The van der Waals surface area contributed by atoms with Crippen LogP contribution in [0.5, 0.6) is 0 Å². The van der Waals surface area contributed by atoms with E-state index in [4.69, 9.17) is 0 Å². The molecule has 0 atom stereocenters. The van der Waals surface area contributed by atoms with Gasteiger partial charge in [0.1, 0.15) is 0 Å². The lowest BCUT2D eigenvalue weighted by Crippen LogP contribution is -1.93. The van der Waals surface area contributed by atoms with Gasteiger partial charge in [-0.25, -0.2) is 4.98 Å². The minimum absolute atomic E-state index is 0.904. The molecule has 0 bridgehead atoms. The third-order valence-electron chi connectivity index (χ3n) is 2.63. The molecule has 2 rings (SSSR count). The highest BCUT2D eigenvalue weighted by Crippen LogP contribution is 2.23. The average Bonchev–Trinajstić information content (AvgIpc) is 2.67. The number of hydrogen-bond acceptors (Lipinski definition) is 1. The van der Waals surface area contributed by atoms with Crippen molar-refractivity contribution >= 4 is 23.1 Å². The molecule has 1 aromatic heterocycles. The Morgan fingerprint density at radius 2 is 1.33 bits per heavy atom. The first-order valence-corrected chi connectivity index (χ1v) is 9.33. The first-order valence-electron chi connectivity index (χ1n) is 9.33. The van der Waals surface area contributed by atoms with Crippen molar-refractivity contribution in [2.24, 2.45) is 0 Å². The molecule has 0 aliphatic carbocycles. The van der Waals surface area contributed by atoms with Gasteiger partial charge in [0.2, 0.25) is 0 Å². The molecule has 1 heterocycles. The van der Waals surface area contributed by atoms with E-state index in [1.54, 1.807) is 6.08 Å². The van der Waals surface area contributed by atoms with Crippen LogP contribution in [0.4, 0.5) is 0 Å². The minimum atomic E-state index is 0.904. The molecule has 1 aromatic carbocycles. The second-order valence-corrected chi connectivity index (χ2v) is 4.17. The van der Waals surface area contributed by atoms with Crippen molar-refractivity contribution in [3.05, 3.63) is 54.2 Å². The normalized spacial score (nSPS) is 7.88. The number of fused-ring (bicyclic) bond motifs is 1. The van der Waals surface area contributed by atoms with Crippen molar-refractivity contribution in [2.75, 3.05) is 0 Å². The molecule has 2 aromatic rings. The number of nitrogens with zero attached hydrogens (tertiary/aromatic N) is 1. The average molecular weight is 330 g/mol. The molecule has 0 unspecified atom stereocenters. The molecule has 0 saturated heterocycles. The minimum Gasteiger partial charge on any atom is -0.248 e. The molecule has 0 fully saturated rings. The molecule has 1 nitrogen and oxygen atoms in total. The Morgan fingerprint density at radius 1 is 0.875 bits per heavy atom. The van der Waals surface area contributed by atoms with Gasteiger partial charge in [-0.15, -0.1) is 0 Å². The third-order valence-corrected chi connectivity index (χ3v) is 2.63. The van der Waals surface area contributed by atoms with Crippen LogP contribution in [0.3, 0.4) is 0 Å². The fourth-order valence-electron chi connectivity index (χ4n) is 1.83. The number of benzene rings is 1. The number of pyridine rings is 1. The predicted octanol–water partition coefficient (Wildman–Crippen LogP) is 8.32. The molecule has 0 aliphatic heterocycles. The monoisotopic (exact) mass is 329 g/mol. The van der Waals surface area contributed by atoms with E-state index in [2.05, 4.69) is 45.0 Å². The standard InChI is InChI=1S/C14H13N.C3H8.3C2H6/c1-4-11-10(3)12-8-6-7-9-14(12)15-13(11)5-2;1-3-2;3*1-2/h4-9H,1-2H2,3H3;3H2,1-2H3;3*1-2H3. The molecule has 0 radical (unpaired) electrons. The maximum atomic E-state index is 4.54. The lowest BCUT2D eigenvalue weighted by molar-refractivity contribution is 1.09. The number of para-hydroxylation sites is 1. The molecule has 1 heteroatoms. The van der Waals surface area contributed by atoms with Crippen LogP contribution in [0, 0.1) is 6.92 Å². The van der Waals surface area contributed by atoms with Crippen molar-refractivity contribution in [3.63, 3.8) is 0 Å². The molecule has 24 heavy (non-hydrogen) atoms. The van der Waals surface area contributed by atoms with Gasteiger partial charge in [0.05, 0.1) is 11.2 Å². The molecular formula is C23H39N. The summed E-state index contributed by atoms with van der Waals surface area (Å²) in [6.45, 7) is 25.9. The lowest BCUT2D eigenvalue weighted by atomic mass is 10.0. The Labute approximate surface area is 151 Å². The van der Waals surface area contributed by atoms with Gasteiger partial charge in [0.25, 0.3) is 0 Å². The SMILES string of the molecule is C=Cc1nc2ccccc2c(C)c1C=C.CC.CC.CC.CCC. The summed E-state index contributed by atoms with van der Waals surface area (Å²) in [6.07, 6.45) is 4.86. The van der Waals surface area contributed by atoms with E-state index >= 15 is 0 Å². The summed E-state index contributed by atoms with van der Waals surface area (Å²) in [5.41, 5.74) is 4.20. The molecule has 136 valence electrons. The van der Waals surface area contributed by atoms with Gasteiger partial charge in [0, 0.05) is 10.9 Å². The second kappa shape index (κ2) is 19.2. The van der Waals surface area contributed by atoms with Crippen molar-refractivity contribution in [1.82, 2.24) is 4.98 Å². The van der Waals surface area contributed by atoms with Crippen LogP contribution >= 0.6 is 0 Å². The van der Waals surface area contributed by atoms with Gasteiger partial charge in [-0.1, -0.05) is 99.2 Å². The zero-order valence-corrected chi connectivity index (χ0v) is 17.5. The molecule has 0 amide bonds. The van der Waals surface area contributed by atoms with Gasteiger partial charge in [0.15, 0.2) is 0 Å². The fraction of sp³-hybridized carbons (Fsp3) is 0.435. The topological polar surface area (TPSA) is 12.9 Å². The summed E-state index contributed by atoms with van der Waals surface area (Å²) in [7, 11) is 0. The van der Waals surface area contributed by atoms with Gasteiger partial charge in [-0.2, -0.15) is 0 Å². The van der Waals surface area contributed by atoms with E-state index in [-0.39, 0.29) is 0 Å². The van der Waals surface area contributed by atoms with Crippen molar-refractivity contribution in [3.8, 4) is 0 Å². The predicted molar refractivity (Wildman–Crippen MR) is 117 cm³/mol. The van der Waals surface area contributed by atoms with Crippen LogP contribution in [-0.2, 0) is 0 Å². The number of aromatic nitrogens is 1. The van der Waals surface area contributed by atoms with Crippen LogP contribution in [-0.4, -0.2) is 4.98 Å². The summed E-state index contributed by atoms with van der Waals surface area (Å²) in [4.78, 5) is 4.54. The van der Waals surface area contributed by atoms with Crippen molar-refractivity contribution in [1.29, 1.82) is 0 Å². The van der Waals surface area contributed by atoms with Gasteiger partial charge < -0.3 is 0 Å². The van der Waals surface area contributed by atoms with Gasteiger partial charge >= 0.3 is 0 Å². The van der Waals surface area contributed by atoms with Gasteiger partial charge in [-0.05, 0) is 24.6 Å². The summed E-state index contributed by atoms with van der Waals surface area (Å²) in [5.74, 6) is 0. The largest absolute Gasteiger partial charge is 0.248 e. The van der Waals surface area contributed by atoms with Crippen molar-refractivity contribution in [2.45, 2.75) is 68.7 Å². The quantitative estimate of drug-likeness (QED) is 0.539. The Balaban J connectivity index is -0.000000422. The Hall–Kier alpha value is -1.89. The number of hydrogen-bond donors (Lipinski definition) is 0. The highest BCUT2D eigenvalue weighted by atomic mass is 14.7. The smallest absolute Gasteiger partial charge is 0.0712 e.